The van der Waals surface area contributed by atoms with Gasteiger partial charge in [0.25, 0.3) is 0 Å². The van der Waals surface area contributed by atoms with E-state index in [1.54, 1.807) is 0 Å². The Hall–Kier alpha value is -1.27. The Balaban J connectivity index is 2.53. The Bertz CT molecular complexity index is 570. The number of fused-ring (bicyclic) bond motifs is 1. The maximum Gasteiger partial charge on any atom is 0.323 e. The molecule has 0 radical (unpaired) electrons. The Kier molecular flexibility index (Phi) is 3.01. The van der Waals surface area contributed by atoms with Gasteiger partial charge >= 0.3 is 5.97 Å². The predicted octanol–water partition coefficient (Wildman–Crippen LogP) is 1.02. The molecule has 5 nitrogen and oxygen atoms in total. The third-order valence-electron chi connectivity index (χ3n) is 2.55. The highest BCUT2D eigenvalue weighted by atomic mass is 35.5. The highest BCUT2D eigenvalue weighted by Crippen LogP contribution is 2.32. The van der Waals surface area contributed by atoms with E-state index in [2.05, 4.69) is 0 Å². The molecule has 1 N–H and O–H groups in total. The van der Waals surface area contributed by atoms with E-state index in [9.17, 15) is 13.2 Å². The molecule has 0 aliphatic carbocycles. The summed E-state index contributed by atoms with van der Waals surface area (Å²) in [6.45, 7) is -0.0646. The van der Waals surface area contributed by atoms with Gasteiger partial charge in [-0.15, -0.1) is 0 Å². The molecule has 0 aromatic heterocycles. The van der Waals surface area contributed by atoms with Crippen molar-refractivity contribution in [2.24, 2.45) is 0 Å². The monoisotopic (exact) mass is 275 g/mol. The first-order valence-electron chi connectivity index (χ1n) is 4.89. The summed E-state index contributed by atoms with van der Waals surface area (Å²) in [4.78, 5) is 12.4. The molecular weight excluding hydrogens is 266 g/mol. The van der Waals surface area contributed by atoms with Gasteiger partial charge in [-0.3, -0.25) is 4.79 Å². The largest absolute Gasteiger partial charge is 0.480 e. The maximum absolute atomic E-state index is 11.8. The van der Waals surface area contributed by atoms with Gasteiger partial charge in [0.05, 0.1) is 16.3 Å². The Morgan fingerprint density at radius 3 is 2.82 bits per heavy atom. The minimum Gasteiger partial charge on any atom is -0.480 e. The van der Waals surface area contributed by atoms with Crippen LogP contribution < -0.4 is 4.90 Å². The second-order valence-corrected chi connectivity index (χ2v) is 6.26. The van der Waals surface area contributed by atoms with Crippen LogP contribution in [0.4, 0.5) is 5.69 Å². The number of rotatable bonds is 2. The summed E-state index contributed by atoms with van der Waals surface area (Å²) in [5, 5.41) is 9.15. The first-order chi connectivity index (χ1) is 7.90. The third kappa shape index (κ3) is 2.37. The van der Waals surface area contributed by atoms with Gasteiger partial charge in [0, 0.05) is 11.6 Å². The average Bonchev–Trinajstić information content (AvgIpc) is 2.22. The lowest BCUT2D eigenvalue weighted by atomic mass is 10.2. The van der Waals surface area contributed by atoms with Crippen LogP contribution in [0.25, 0.3) is 0 Å². The number of hydrogen-bond acceptors (Lipinski definition) is 4. The number of halogens is 1. The van der Waals surface area contributed by atoms with E-state index in [1.807, 2.05) is 0 Å². The summed E-state index contributed by atoms with van der Waals surface area (Å²) in [6, 6.07) is 4.39. The van der Waals surface area contributed by atoms with Crippen molar-refractivity contribution >= 4 is 33.1 Å². The molecule has 1 heterocycles. The molecule has 0 spiro atoms. The van der Waals surface area contributed by atoms with Crippen molar-refractivity contribution in [3.05, 3.63) is 23.2 Å². The fourth-order valence-corrected chi connectivity index (χ4v) is 3.42. The van der Waals surface area contributed by atoms with Crippen molar-refractivity contribution in [1.29, 1.82) is 0 Å². The fourth-order valence-electron chi connectivity index (χ4n) is 1.79. The van der Waals surface area contributed by atoms with Gasteiger partial charge in [-0.1, -0.05) is 11.6 Å². The molecule has 92 valence electrons. The number of hydrogen-bond donors (Lipinski definition) is 1. The molecule has 2 rings (SSSR count). The van der Waals surface area contributed by atoms with Gasteiger partial charge < -0.3 is 10.0 Å². The quantitative estimate of drug-likeness (QED) is 0.872. The van der Waals surface area contributed by atoms with E-state index in [1.165, 1.54) is 23.1 Å². The van der Waals surface area contributed by atoms with Crippen LogP contribution >= 0.6 is 11.6 Å². The highest BCUT2D eigenvalue weighted by molar-refractivity contribution is 7.91. The molecule has 1 aromatic rings. The van der Waals surface area contributed by atoms with Gasteiger partial charge in [-0.05, 0) is 18.2 Å². The standard InChI is InChI=1S/C10H10ClNO4S/c11-7-1-2-9-8(5-7)12(6-10(13)14)3-4-17(9,15)16/h1-2,5H,3-4,6H2,(H,13,14). The molecule has 0 bridgehead atoms. The zero-order chi connectivity index (χ0) is 12.6. The summed E-state index contributed by atoms with van der Waals surface area (Å²) in [5.74, 6) is -1.08. The highest BCUT2D eigenvalue weighted by Gasteiger charge is 2.29. The second-order valence-electron chi connectivity index (χ2n) is 3.75. The number of carboxylic acids is 1. The van der Waals surface area contributed by atoms with Crippen LogP contribution in [0.15, 0.2) is 23.1 Å². The number of carbonyl (C=O) groups is 1. The van der Waals surface area contributed by atoms with Gasteiger partial charge in [0.2, 0.25) is 0 Å². The third-order valence-corrected chi connectivity index (χ3v) is 4.52. The lowest BCUT2D eigenvalue weighted by Gasteiger charge is -2.29. The van der Waals surface area contributed by atoms with Crippen LogP contribution in [0.5, 0.6) is 0 Å². The zero-order valence-corrected chi connectivity index (χ0v) is 10.3. The molecule has 1 aliphatic heterocycles. The van der Waals surface area contributed by atoms with E-state index < -0.39 is 15.8 Å². The van der Waals surface area contributed by atoms with E-state index in [0.717, 1.165) is 0 Å². The first kappa shape index (κ1) is 12.2. The SMILES string of the molecule is O=C(O)CN1CCS(=O)(=O)c2ccc(Cl)cc21. The number of benzene rings is 1. The molecular formula is C10H10ClNO4S. The van der Waals surface area contributed by atoms with Crippen LogP contribution in [-0.4, -0.2) is 38.3 Å². The van der Waals surface area contributed by atoms with Crippen molar-refractivity contribution < 1.29 is 18.3 Å². The van der Waals surface area contributed by atoms with Crippen molar-refractivity contribution in [1.82, 2.24) is 0 Å². The molecule has 17 heavy (non-hydrogen) atoms. The van der Waals surface area contributed by atoms with Gasteiger partial charge in [-0.25, -0.2) is 8.42 Å². The summed E-state index contributed by atoms with van der Waals surface area (Å²) < 4.78 is 23.6. The van der Waals surface area contributed by atoms with E-state index >= 15 is 0 Å². The lowest BCUT2D eigenvalue weighted by Crippen LogP contribution is -2.38. The Morgan fingerprint density at radius 2 is 2.18 bits per heavy atom. The minimum atomic E-state index is -3.32. The number of nitrogens with zero attached hydrogens (tertiary/aromatic N) is 1. The molecule has 0 saturated carbocycles. The normalized spacial score (nSPS) is 17.6. The van der Waals surface area contributed by atoms with Crippen LogP contribution in [0.3, 0.4) is 0 Å². The Morgan fingerprint density at radius 1 is 1.47 bits per heavy atom. The molecule has 0 fully saturated rings. The average molecular weight is 276 g/mol. The van der Waals surface area contributed by atoms with E-state index in [4.69, 9.17) is 16.7 Å². The van der Waals surface area contributed by atoms with Crippen LogP contribution in [0, 0.1) is 0 Å². The smallest absolute Gasteiger partial charge is 0.323 e. The van der Waals surface area contributed by atoms with Gasteiger partial charge in [0.1, 0.15) is 6.54 Å². The number of carboxylic acid groups (broad SMARTS) is 1. The summed E-state index contributed by atoms with van der Waals surface area (Å²) >= 11 is 5.80. The summed E-state index contributed by atoms with van der Waals surface area (Å²) in [6.07, 6.45) is 0. The number of sulfone groups is 1. The molecule has 0 amide bonds. The first-order valence-corrected chi connectivity index (χ1v) is 6.92. The van der Waals surface area contributed by atoms with E-state index in [-0.39, 0.29) is 23.7 Å². The summed E-state index contributed by atoms with van der Waals surface area (Å²) in [7, 11) is -3.32. The number of aliphatic carboxylic acids is 1. The fraction of sp³-hybridized carbons (Fsp3) is 0.300. The molecule has 1 aromatic carbocycles. The minimum absolute atomic E-state index is 0.0745. The van der Waals surface area contributed by atoms with Gasteiger partial charge in [0.15, 0.2) is 9.84 Å². The van der Waals surface area contributed by atoms with Crippen LogP contribution in [0.2, 0.25) is 5.02 Å². The lowest BCUT2D eigenvalue weighted by molar-refractivity contribution is -0.135. The second kappa shape index (κ2) is 4.19. The van der Waals surface area contributed by atoms with Crippen molar-refractivity contribution in [2.45, 2.75) is 4.90 Å². The summed E-state index contributed by atoms with van der Waals surface area (Å²) in [5.41, 5.74) is 0.367. The predicted molar refractivity (Wildman–Crippen MR) is 63.4 cm³/mol. The molecule has 0 unspecified atom stereocenters. The molecule has 7 heteroatoms. The Labute approximate surface area is 104 Å². The number of anilines is 1. The maximum atomic E-state index is 11.8. The van der Waals surface area contributed by atoms with Crippen LogP contribution in [0.1, 0.15) is 0 Å². The van der Waals surface area contributed by atoms with Crippen molar-refractivity contribution in [2.75, 3.05) is 23.7 Å². The molecule has 0 saturated heterocycles. The topological polar surface area (TPSA) is 74.7 Å². The van der Waals surface area contributed by atoms with E-state index in [0.29, 0.717) is 10.7 Å². The zero-order valence-electron chi connectivity index (χ0n) is 8.76. The molecule has 0 atom stereocenters. The van der Waals surface area contributed by atoms with Crippen molar-refractivity contribution in [3.63, 3.8) is 0 Å². The van der Waals surface area contributed by atoms with Gasteiger partial charge in [-0.2, -0.15) is 0 Å². The molecule has 1 aliphatic rings. The van der Waals surface area contributed by atoms with Crippen molar-refractivity contribution in [3.8, 4) is 0 Å². The van der Waals surface area contributed by atoms with Crippen LogP contribution in [-0.2, 0) is 14.6 Å².